The van der Waals surface area contributed by atoms with Crippen LogP contribution in [-0.4, -0.2) is 38.6 Å². The molecule has 0 bridgehead atoms. The molecule has 0 aliphatic carbocycles. The maximum absolute atomic E-state index is 5.42. The van der Waals surface area contributed by atoms with Crippen molar-refractivity contribution in [3.8, 4) is 0 Å². The molecule has 66 valence electrons. The highest BCUT2D eigenvalue weighted by Crippen LogP contribution is 2.15. The van der Waals surface area contributed by atoms with Crippen LogP contribution in [0.25, 0.3) is 0 Å². The molecule has 3 nitrogen and oxygen atoms in total. The monoisotopic (exact) mass is 160 g/mol. The zero-order valence-electron chi connectivity index (χ0n) is 7.21. The third-order valence-corrected chi connectivity index (χ3v) is 1.70. The van der Waals surface area contributed by atoms with E-state index in [-0.39, 0.29) is 6.10 Å². The molecular formula is C8H16O3. The summed E-state index contributed by atoms with van der Waals surface area (Å²) in [6, 6.07) is 0. The van der Waals surface area contributed by atoms with Crippen LogP contribution in [0.2, 0.25) is 0 Å². The highest BCUT2D eigenvalue weighted by Gasteiger charge is 2.29. The lowest BCUT2D eigenvalue weighted by molar-refractivity contribution is 0.00416. The zero-order chi connectivity index (χ0) is 8.10. The fraction of sp³-hybridized carbons (Fsp3) is 1.00. The summed E-state index contributed by atoms with van der Waals surface area (Å²) >= 11 is 0. The van der Waals surface area contributed by atoms with Crippen LogP contribution < -0.4 is 0 Å². The van der Waals surface area contributed by atoms with Gasteiger partial charge in [-0.15, -0.1) is 0 Å². The van der Waals surface area contributed by atoms with Crippen LogP contribution >= 0.6 is 0 Å². The maximum atomic E-state index is 5.42. The molecule has 1 heterocycles. The highest BCUT2D eigenvalue weighted by atomic mass is 16.6. The molecule has 1 aliphatic heterocycles. The van der Waals surface area contributed by atoms with Crippen molar-refractivity contribution in [3.63, 3.8) is 0 Å². The summed E-state index contributed by atoms with van der Waals surface area (Å²) < 4.78 is 15.6. The molecule has 0 saturated carbocycles. The lowest BCUT2D eigenvalue weighted by Gasteiger charge is -2.09. The minimum atomic E-state index is 0.232. The minimum Gasteiger partial charge on any atom is -0.379 e. The average Bonchev–Trinajstić information content (AvgIpc) is 2.79. The first kappa shape index (κ1) is 8.97. The van der Waals surface area contributed by atoms with E-state index in [1.165, 1.54) is 0 Å². The molecule has 0 aromatic heterocycles. The van der Waals surface area contributed by atoms with Crippen LogP contribution in [0, 0.1) is 0 Å². The molecule has 0 spiro atoms. The first-order chi connectivity index (χ1) is 5.34. The second-order valence-electron chi connectivity index (χ2n) is 2.64. The Labute approximate surface area is 67.6 Å². The van der Waals surface area contributed by atoms with Crippen molar-refractivity contribution in [2.24, 2.45) is 0 Å². The van der Waals surface area contributed by atoms with E-state index < -0.39 is 0 Å². The normalized spacial score (nSPS) is 25.1. The molecule has 1 saturated heterocycles. The Morgan fingerprint density at radius 2 is 2.27 bits per heavy atom. The van der Waals surface area contributed by atoms with Gasteiger partial charge in [-0.1, -0.05) is 0 Å². The molecule has 1 rings (SSSR count). The third kappa shape index (κ3) is 3.70. The smallest absolute Gasteiger partial charge is 0.107 e. The van der Waals surface area contributed by atoms with Gasteiger partial charge in [0.15, 0.2) is 0 Å². The van der Waals surface area contributed by atoms with Gasteiger partial charge in [-0.2, -0.15) is 0 Å². The molecular weight excluding hydrogens is 144 g/mol. The van der Waals surface area contributed by atoms with Gasteiger partial charge in [0, 0.05) is 6.61 Å². The summed E-state index contributed by atoms with van der Waals surface area (Å²) in [5.41, 5.74) is 0. The van der Waals surface area contributed by atoms with E-state index in [0.29, 0.717) is 19.3 Å². The molecule has 0 aromatic carbocycles. The SMILES string of the molecule is CCOCCOC(C)C1CO1. The lowest BCUT2D eigenvalue weighted by Crippen LogP contribution is -2.18. The van der Waals surface area contributed by atoms with Crippen LogP contribution in [0.1, 0.15) is 13.8 Å². The molecule has 0 N–H and O–H groups in total. The second kappa shape index (κ2) is 4.70. The lowest BCUT2D eigenvalue weighted by atomic mass is 10.3. The molecule has 1 aliphatic rings. The summed E-state index contributed by atoms with van der Waals surface area (Å²) in [7, 11) is 0. The van der Waals surface area contributed by atoms with Gasteiger partial charge in [0.25, 0.3) is 0 Å². The van der Waals surface area contributed by atoms with Crippen molar-refractivity contribution in [1.82, 2.24) is 0 Å². The average molecular weight is 160 g/mol. The van der Waals surface area contributed by atoms with E-state index in [1.54, 1.807) is 0 Å². The molecule has 11 heavy (non-hydrogen) atoms. The molecule has 0 radical (unpaired) electrons. The van der Waals surface area contributed by atoms with E-state index in [2.05, 4.69) is 0 Å². The van der Waals surface area contributed by atoms with Crippen molar-refractivity contribution in [1.29, 1.82) is 0 Å². The Morgan fingerprint density at radius 3 is 2.82 bits per heavy atom. The molecule has 0 aromatic rings. The predicted molar refractivity (Wildman–Crippen MR) is 41.6 cm³/mol. The van der Waals surface area contributed by atoms with Crippen molar-refractivity contribution in [2.45, 2.75) is 26.1 Å². The van der Waals surface area contributed by atoms with Gasteiger partial charge in [-0.25, -0.2) is 0 Å². The van der Waals surface area contributed by atoms with Gasteiger partial charge < -0.3 is 14.2 Å². The number of hydrogen-bond donors (Lipinski definition) is 0. The molecule has 2 atom stereocenters. The van der Waals surface area contributed by atoms with E-state index in [9.17, 15) is 0 Å². The Balaban J connectivity index is 1.85. The first-order valence-corrected chi connectivity index (χ1v) is 4.15. The fourth-order valence-electron chi connectivity index (χ4n) is 0.871. The Hall–Kier alpha value is -0.120. The summed E-state index contributed by atoms with van der Waals surface area (Å²) in [4.78, 5) is 0. The van der Waals surface area contributed by atoms with Crippen LogP contribution in [-0.2, 0) is 14.2 Å². The summed E-state index contributed by atoms with van der Waals surface area (Å²) in [5, 5.41) is 0. The van der Waals surface area contributed by atoms with E-state index >= 15 is 0 Å². The van der Waals surface area contributed by atoms with E-state index in [0.717, 1.165) is 13.2 Å². The zero-order valence-corrected chi connectivity index (χ0v) is 7.21. The van der Waals surface area contributed by atoms with Crippen molar-refractivity contribution in [3.05, 3.63) is 0 Å². The summed E-state index contributed by atoms with van der Waals surface area (Å²) in [6.07, 6.45) is 0.576. The third-order valence-electron chi connectivity index (χ3n) is 1.70. The van der Waals surface area contributed by atoms with Crippen LogP contribution in [0.15, 0.2) is 0 Å². The topological polar surface area (TPSA) is 31.0 Å². The van der Waals surface area contributed by atoms with Crippen molar-refractivity contribution < 1.29 is 14.2 Å². The molecule has 0 amide bonds. The summed E-state index contributed by atoms with van der Waals surface area (Å²) in [5.74, 6) is 0. The van der Waals surface area contributed by atoms with Crippen molar-refractivity contribution in [2.75, 3.05) is 26.4 Å². The number of epoxide rings is 1. The van der Waals surface area contributed by atoms with Gasteiger partial charge in [-0.05, 0) is 13.8 Å². The highest BCUT2D eigenvalue weighted by molar-refractivity contribution is 4.75. The standard InChI is InChI=1S/C8H16O3/c1-3-9-4-5-10-7(2)8-6-11-8/h7-8H,3-6H2,1-2H3. The number of rotatable bonds is 6. The van der Waals surface area contributed by atoms with E-state index in [1.807, 2.05) is 13.8 Å². The Kier molecular flexibility index (Phi) is 3.83. The van der Waals surface area contributed by atoms with Gasteiger partial charge >= 0.3 is 0 Å². The Morgan fingerprint density at radius 1 is 1.55 bits per heavy atom. The van der Waals surface area contributed by atoms with Gasteiger partial charge in [0.1, 0.15) is 6.10 Å². The quantitative estimate of drug-likeness (QED) is 0.426. The number of hydrogen-bond acceptors (Lipinski definition) is 3. The second-order valence-corrected chi connectivity index (χ2v) is 2.64. The van der Waals surface area contributed by atoms with Crippen LogP contribution in [0.4, 0.5) is 0 Å². The van der Waals surface area contributed by atoms with E-state index in [4.69, 9.17) is 14.2 Å². The predicted octanol–water partition coefficient (Wildman–Crippen LogP) is 0.827. The molecule has 2 unspecified atom stereocenters. The van der Waals surface area contributed by atoms with Gasteiger partial charge in [0.05, 0.1) is 25.9 Å². The molecule has 1 fully saturated rings. The van der Waals surface area contributed by atoms with Crippen LogP contribution in [0.5, 0.6) is 0 Å². The summed E-state index contributed by atoms with van der Waals surface area (Å²) in [6.45, 7) is 6.99. The minimum absolute atomic E-state index is 0.232. The number of ether oxygens (including phenoxy) is 3. The largest absolute Gasteiger partial charge is 0.379 e. The molecule has 3 heteroatoms. The van der Waals surface area contributed by atoms with Gasteiger partial charge in [-0.3, -0.25) is 0 Å². The van der Waals surface area contributed by atoms with Crippen molar-refractivity contribution >= 4 is 0 Å². The van der Waals surface area contributed by atoms with Gasteiger partial charge in [0.2, 0.25) is 0 Å². The maximum Gasteiger partial charge on any atom is 0.107 e. The fourth-order valence-corrected chi connectivity index (χ4v) is 0.871. The Bertz CT molecular complexity index is 102. The first-order valence-electron chi connectivity index (χ1n) is 4.15. The van der Waals surface area contributed by atoms with Crippen LogP contribution in [0.3, 0.4) is 0 Å².